The Hall–Kier alpha value is -2.81. The lowest BCUT2D eigenvalue weighted by molar-refractivity contribution is 0.0388. The van der Waals surface area contributed by atoms with E-state index in [1.165, 1.54) is 37.4 Å². The molecule has 0 N–H and O–H groups in total. The average Bonchev–Trinajstić information content (AvgIpc) is 3.23. The van der Waals surface area contributed by atoms with Crippen LogP contribution in [0.4, 0.5) is 14.6 Å². The SMILES string of the molecule is COCCOC(=O)c1ccc(-c2ccc(C(=O)N(F)c3ccccc3F)s2)c(Cl)c1. The summed E-state index contributed by atoms with van der Waals surface area (Å²) in [5.41, 5.74) is 0.361. The molecule has 0 bridgehead atoms. The fourth-order valence-electron chi connectivity index (χ4n) is 2.56. The Morgan fingerprint density at radius 3 is 2.57 bits per heavy atom. The predicted molar refractivity (Wildman–Crippen MR) is 111 cm³/mol. The Kier molecular flexibility index (Phi) is 7.15. The molecule has 156 valence electrons. The van der Waals surface area contributed by atoms with Gasteiger partial charge in [-0.05, 0) is 36.4 Å². The predicted octanol–water partition coefficient (Wildman–Crippen LogP) is 5.54. The first-order valence-electron chi connectivity index (χ1n) is 8.73. The normalized spacial score (nSPS) is 10.7. The number of para-hydroxylation sites is 1. The van der Waals surface area contributed by atoms with E-state index in [1.54, 1.807) is 18.2 Å². The molecule has 0 atom stereocenters. The molecule has 0 aliphatic heterocycles. The zero-order valence-electron chi connectivity index (χ0n) is 15.7. The first kappa shape index (κ1) is 21.9. The van der Waals surface area contributed by atoms with Gasteiger partial charge in [0.25, 0.3) is 5.91 Å². The molecule has 1 amide bonds. The molecule has 0 saturated carbocycles. The van der Waals surface area contributed by atoms with E-state index in [0.29, 0.717) is 10.4 Å². The fraction of sp³-hybridized carbons (Fsp3) is 0.143. The topological polar surface area (TPSA) is 55.8 Å². The van der Waals surface area contributed by atoms with Gasteiger partial charge in [-0.2, -0.15) is 0 Å². The van der Waals surface area contributed by atoms with Crippen molar-refractivity contribution in [3.8, 4) is 10.4 Å². The minimum atomic E-state index is -0.995. The van der Waals surface area contributed by atoms with Crippen molar-refractivity contribution >= 4 is 40.5 Å². The van der Waals surface area contributed by atoms with Crippen LogP contribution in [0.1, 0.15) is 20.0 Å². The Balaban J connectivity index is 1.78. The molecule has 1 aromatic heterocycles. The van der Waals surface area contributed by atoms with Crippen molar-refractivity contribution in [1.82, 2.24) is 0 Å². The molecule has 9 heteroatoms. The third-order valence-electron chi connectivity index (χ3n) is 4.05. The van der Waals surface area contributed by atoms with Crippen molar-refractivity contribution in [3.05, 3.63) is 75.9 Å². The fourth-order valence-corrected chi connectivity index (χ4v) is 3.86. The van der Waals surface area contributed by atoms with E-state index < -0.39 is 23.4 Å². The van der Waals surface area contributed by atoms with E-state index in [4.69, 9.17) is 21.1 Å². The highest BCUT2D eigenvalue weighted by atomic mass is 35.5. The van der Waals surface area contributed by atoms with Gasteiger partial charge in [0.15, 0.2) is 0 Å². The number of hydrogen-bond acceptors (Lipinski definition) is 5. The van der Waals surface area contributed by atoms with Gasteiger partial charge in [-0.15, -0.1) is 16.5 Å². The quantitative estimate of drug-likeness (QED) is 0.269. The summed E-state index contributed by atoms with van der Waals surface area (Å²) in [5, 5.41) is 0.0364. The molecule has 0 unspecified atom stereocenters. The van der Waals surface area contributed by atoms with E-state index >= 15 is 0 Å². The third-order valence-corrected chi connectivity index (χ3v) is 5.47. The van der Waals surface area contributed by atoms with E-state index in [1.807, 2.05) is 0 Å². The summed E-state index contributed by atoms with van der Waals surface area (Å²) >= 11 is 7.29. The summed E-state index contributed by atoms with van der Waals surface area (Å²) in [6.07, 6.45) is 0. The molecular weight excluding hydrogens is 436 g/mol. The van der Waals surface area contributed by atoms with Crippen LogP contribution in [0.2, 0.25) is 5.02 Å². The highest BCUT2D eigenvalue weighted by Crippen LogP contribution is 2.35. The standard InChI is InChI=1S/C21H16ClF2NO4S/c1-28-10-11-29-21(27)13-6-7-14(15(22)12-13)18-8-9-19(30-18)20(26)25(24)17-5-3-2-4-16(17)23/h2-9,12H,10-11H2,1H3. The summed E-state index contributed by atoms with van der Waals surface area (Å²) in [4.78, 5) is 25.0. The number of nitrogens with zero attached hydrogens (tertiary/aromatic N) is 1. The maximum absolute atomic E-state index is 14.4. The molecule has 2 aromatic carbocycles. The number of methoxy groups -OCH3 is 1. The number of halogens is 3. The van der Waals surface area contributed by atoms with Gasteiger partial charge in [-0.1, -0.05) is 34.3 Å². The Bertz CT molecular complexity index is 1070. The zero-order valence-corrected chi connectivity index (χ0v) is 17.3. The van der Waals surface area contributed by atoms with Gasteiger partial charge < -0.3 is 9.47 Å². The number of anilines is 1. The molecule has 0 fully saturated rings. The van der Waals surface area contributed by atoms with Crippen LogP contribution in [0.3, 0.4) is 0 Å². The summed E-state index contributed by atoms with van der Waals surface area (Å²) in [5.74, 6) is -2.38. The van der Waals surface area contributed by atoms with Gasteiger partial charge in [0.1, 0.15) is 18.1 Å². The van der Waals surface area contributed by atoms with Gasteiger partial charge >= 0.3 is 5.97 Å². The zero-order chi connectivity index (χ0) is 21.7. The number of carbonyl (C=O) groups excluding carboxylic acids is 2. The summed E-state index contributed by atoms with van der Waals surface area (Å²) in [6, 6.07) is 12.7. The second-order valence-electron chi connectivity index (χ2n) is 6.02. The van der Waals surface area contributed by atoms with E-state index in [-0.39, 0.29) is 33.8 Å². The first-order valence-corrected chi connectivity index (χ1v) is 9.92. The number of hydrogen-bond donors (Lipinski definition) is 0. The number of benzene rings is 2. The number of thiophene rings is 1. The number of amides is 1. The van der Waals surface area contributed by atoms with Crippen LogP contribution in [0.15, 0.2) is 54.6 Å². The van der Waals surface area contributed by atoms with Crippen LogP contribution in [-0.4, -0.2) is 32.2 Å². The molecular formula is C21H16ClF2NO4S. The highest BCUT2D eigenvalue weighted by molar-refractivity contribution is 7.17. The van der Waals surface area contributed by atoms with Crippen molar-refractivity contribution in [2.75, 3.05) is 25.4 Å². The van der Waals surface area contributed by atoms with Gasteiger partial charge in [0.05, 0.1) is 22.1 Å². The van der Waals surface area contributed by atoms with Crippen LogP contribution in [0.25, 0.3) is 10.4 Å². The van der Waals surface area contributed by atoms with Gasteiger partial charge in [-0.25, -0.2) is 9.18 Å². The van der Waals surface area contributed by atoms with Crippen LogP contribution < -0.4 is 5.12 Å². The average molecular weight is 452 g/mol. The lowest BCUT2D eigenvalue weighted by atomic mass is 10.1. The monoisotopic (exact) mass is 451 g/mol. The molecule has 3 rings (SSSR count). The van der Waals surface area contributed by atoms with Gasteiger partial charge in [-0.3, -0.25) is 4.79 Å². The number of ether oxygens (including phenoxy) is 2. The van der Waals surface area contributed by atoms with E-state index in [0.717, 1.165) is 17.4 Å². The minimum Gasteiger partial charge on any atom is -0.460 e. The summed E-state index contributed by atoms with van der Waals surface area (Å²) in [7, 11) is 1.50. The molecule has 3 aromatic rings. The summed E-state index contributed by atoms with van der Waals surface area (Å²) in [6.45, 7) is 0.398. The first-order chi connectivity index (χ1) is 14.4. The molecule has 0 saturated heterocycles. The van der Waals surface area contributed by atoms with Crippen LogP contribution in [-0.2, 0) is 9.47 Å². The largest absolute Gasteiger partial charge is 0.460 e. The lowest BCUT2D eigenvalue weighted by Gasteiger charge is -2.11. The van der Waals surface area contributed by atoms with Crippen molar-refractivity contribution < 1.29 is 27.9 Å². The molecule has 1 heterocycles. The molecule has 5 nitrogen and oxygen atoms in total. The molecule has 0 spiro atoms. The summed E-state index contributed by atoms with van der Waals surface area (Å²) < 4.78 is 38.0. The highest BCUT2D eigenvalue weighted by Gasteiger charge is 2.23. The van der Waals surface area contributed by atoms with Crippen molar-refractivity contribution in [1.29, 1.82) is 0 Å². The smallest absolute Gasteiger partial charge is 0.338 e. The molecule has 30 heavy (non-hydrogen) atoms. The third kappa shape index (κ3) is 4.84. The van der Waals surface area contributed by atoms with Crippen molar-refractivity contribution in [2.24, 2.45) is 0 Å². The van der Waals surface area contributed by atoms with Gasteiger partial charge in [0, 0.05) is 17.6 Å². The van der Waals surface area contributed by atoms with Crippen LogP contribution in [0, 0.1) is 5.82 Å². The van der Waals surface area contributed by atoms with Crippen LogP contribution >= 0.6 is 22.9 Å². The maximum Gasteiger partial charge on any atom is 0.338 e. The maximum atomic E-state index is 14.4. The Labute approximate surface area is 180 Å². The molecule has 0 radical (unpaired) electrons. The molecule has 0 aliphatic rings. The van der Waals surface area contributed by atoms with Crippen molar-refractivity contribution in [3.63, 3.8) is 0 Å². The minimum absolute atomic E-state index is 0.0647. The Morgan fingerprint density at radius 2 is 1.87 bits per heavy atom. The number of carbonyl (C=O) groups is 2. The lowest BCUT2D eigenvalue weighted by Crippen LogP contribution is -2.21. The molecule has 0 aliphatic carbocycles. The van der Waals surface area contributed by atoms with Crippen molar-refractivity contribution in [2.45, 2.75) is 0 Å². The van der Waals surface area contributed by atoms with E-state index in [2.05, 4.69) is 0 Å². The number of rotatable bonds is 7. The second-order valence-corrected chi connectivity index (χ2v) is 7.52. The Morgan fingerprint density at radius 1 is 1.10 bits per heavy atom. The number of esters is 1. The van der Waals surface area contributed by atoms with E-state index in [9.17, 15) is 18.5 Å². The van der Waals surface area contributed by atoms with Gasteiger partial charge in [0.2, 0.25) is 0 Å². The second kappa shape index (κ2) is 9.80. The van der Waals surface area contributed by atoms with Crippen LogP contribution in [0.5, 0.6) is 0 Å².